The molecule has 0 spiro atoms. The molecule has 1 heterocycles. The summed E-state index contributed by atoms with van der Waals surface area (Å²) in [4.78, 5) is 52.9. The number of hydrogen-bond donors (Lipinski definition) is 1. The summed E-state index contributed by atoms with van der Waals surface area (Å²) in [7, 11) is 0. The quantitative estimate of drug-likeness (QED) is 0.365. The van der Waals surface area contributed by atoms with E-state index in [1.807, 2.05) is 44.2 Å². The summed E-state index contributed by atoms with van der Waals surface area (Å²) in [5, 5.41) is 2.74. The lowest BCUT2D eigenvalue weighted by atomic mass is 9.73. The third-order valence-electron chi connectivity index (χ3n) is 7.53. The third-order valence-corrected chi connectivity index (χ3v) is 7.53. The maximum atomic E-state index is 13.4. The van der Waals surface area contributed by atoms with E-state index in [1.165, 1.54) is 22.6 Å². The molecular weight excluding hydrogens is 480 g/mol. The molecular formula is C31H30N2O5. The van der Waals surface area contributed by atoms with Crippen molar-refractivity contribution in [1.82, 2.24) is 0 Å². The summed E-state index contributed by atoms with van der Waals surface area (Å²) in [5.74, 6) is -2.07. The van der Waals surface area contributed by atoms with Gasteiger partial charge in [0.1, 0.15) is 0 Å². The Bertz CT molecular complexity index is 1400. The lowest BCUT2D eigenvalue weighted by molar-refractivity contribution is -0.122. The molecule has 3 atom stereocenters. The van der Waals surface area contributed by atoms with Crippen LogP contribution in [0, 0.1) is 25.7 Å². The van der Waals surface area contributed by atoms with Crippen molar-refractivity contribution in [1.29, 1.82) is 0 Å². The van der Waals surface area contributed by atoms with E-state index in [4.69, 9.17) is 4.74 Å². The van der Waals surface area contributed by atoms with E-state index in [-0.39, 0.29) is 35.1 Å². The summed E-state index contributed by atoms with van der Waals surface area (Å²) in [6, 6.07) is 22.0. The highest BCUT2D eigenvalue weighted by atomic mass is 16.5. The highest BCUT2D eigenvalue weighted by Crippen LogP contribution is 2.45. The monoisotopic (exact) mass is 510 g/mol. The van der Waals surface area contributed by atoms with Gasteiger partial charge in [-0.05, 0) is 74.4 Å². The van der Waals surface area contributed by atoms with Crippen LogP contribution in [0.4, 0.5) is 11.4 Å². The highest BCUT2D eigenvalue weighted by molar-refractivity contribution is 6.22. The van der Waals surface area contributed by atoms with E-state index >= 15 is 0 Å². The first-order valence-corrected chi connectivity index (χ1v) is 12.9. The van der Waals surface area contributed by atoms with E-state index in [1.54, 1.807) is 18.2 Å². The number of esters is 1. The Labute approximate surface area is 221 Å². The fraction of sp³-hybridized carbons (Fsp3) is 0.290. The zero-order valence-electron chi connectivity index (χ0n) is 21.5. The number of carbonyl (C=O) groups is 4. The third kappa shape index (κ3) is 5.09. The average molecular weight is 511 g/mol. The molecule has 7 heteroatoms. The van der Waals surface area contributed by atoms with Crippen molar-refractivity contribution < 1.29 is 23.9 Å². The standard InChI is InChI=1S/C31H30N2O5/c1-19-11-14-27(20(2)15-19)32-28(34)18-38-31(37)23-9-6-10-24(16-23)33-29(35)25-13-12-22(17-26(25)30(33)36)21-7-4-3-5-8-21/h3-11,14-16,22,25-26H,12-13,17-18H2,1-2H3,(H,32,34)/t22-,25-,26-/m1/s1. The molecule has 0 bridgehead atoms. The number of amides is 3. The van der Waals surface area contributed by atoms with Crippen molar-refractivity contribution in [3.05, 3.63) is 95.1 Å². The first-order valence-electron chi connectivity index (χ1n) is 12.9. The predicted molar refractivity (Wildman–Crippen MR) is 144 cm³/mol. The van der Waals surface area contributed by atoms with Gasteiger partial charge in [-0.1, -0.05) is 54.1 Å². The number of nitrogens with one attached hydrogen (secondary N) is 1. The van der Waals surface area contributed by atoms with Gasteiger partial charge in [-0.2, -0.15) is 0 Å². The summed E-state index contributed by atoms with van der Waals surface area (Å²) < 4.78 is 5.22. The maximum absolute atomic E-state index is 13.4. The van der Waals surface area contributed by atoms with E-state index in [0.717, 1.165) is 17.5 Å². The molecule has 5 rings (SSSR count). The smallest absolute Gasteiger partial charge is 0.338 e. The molecule has 2 aliphatic rings. The molecule has 38 heavy (non-hydrogen) atoms. The second-order valence-corrected chi connectivity index (χ2v) is 10.1. The first kappa shape index (κ1) is 25.4. The van der Waals surface area contributed by atoms with Crippen molar-refractivity contribution in [3.63, 3.8) is 0 Å². The zero-order valence-corrected chi connectivity index (χ0v) is 21.5. The van der Waals surface area contributed by atoms with Gasteiger partial charge in [-0.3, -0.25) is 19.3 Å². The van der Waals surface area contributed by atoms with Gasteiger partial charge in [0, 0.05) is 5.69 Å². The highest BCUT2D eigenvalue weighted by Gasteiger charge is 2.50. The molecule has 1 saturated carbocycles. The van der Waals surface area contributed by atoms with Gasteiger partial charge in [0.2, 0.25) is 11.8 Å². The second kappa shape index (κ2) is 10.6. The number of ether oxygens (including phenoxy) is 1. The van der Waals surface area contributed by atoms with Gasteiger partial charge in [0.25, 0.3) is 5.91 Å². The molecule has 194 valence electrons. The number of rotatable bonds is 6. The van der Waals surface area contributed by atoms with Crippen LogP contribution in [0.2, 0.25) is 0 Å². The fourth-order valence-electron chi connectivity index (χ4n) is 5.59. The minimum Gasteiger partial charge on any atom is -0.452 e. The van der Waals surface area contributed by atoms with Crippen LogP contribution in [0.3, 0.4) is 0 Å². The summed E-state index contributed by atoms with van der Waals surface area (Å²) >= 11 is 0. The Morgan fingerprint density at radius 3 is 2.42 bits per heavy atom. The number of nitrogens with zero attached hydrogens (tertiary/aromatic N) is 1. The molecule has 3 aromatic carbocycles. The van der Waals surface area contributed by atoms with Crippen LogP contribution in [0.5, 0.6) is 0 Å². The average Bonchev–Trinajstić information content (AvgIpc) is 3.18. The number of hydrogen-bond acceptors (Lipinski definition) is 5. The summed E-state index contributed by atoms with van der Waals surface area (Å²) in [5.41, 5.74) is 4.35. The lowest BCUT2D eigenvalue weighted by Gasteiger charge is -2.28. The van der Waals surface area contributed by atoms with Crippen LogP contribution in [-0.4, -0.2) is 30.3 Å². The Morgan fingerprint density at radius 2 is 1.66 bits per heavy atom. The van der Waals surface area contributed by atoms with E-state index in [2.05, 4.69) is 17.4 Å². The lowest BCUT2D eigenvalue weighted by Crippen LogP contribution is -2.31. The molecule has 2 fully saturated rings. The van der Waals surface area contributed by atoms with Gasteiger partial charge >= 0.3 is 5.97 Å². The van der Waals surface area contributed by atoms with Crippen molar-refractivity contribution in [2.24, 2.45) is 11.8 Å². The van der Waals surface area contributed by atoms with Crippen molar-refractivity contribution in [2.75, 3.05) is 16.8 Å². The number of aryl methyl sites for hydroxylation is 2. The normalized spacial score (nSPS) is 20.7. The molecule has 0 unspecified atom stereocenters. The topological polar surface area (TPSA) is 92.8 Å². The Balaban J connectivity index is 1.24. The molecule has 3 aromatic rings. The van der Waals surface area contributed by atoms with E-state index in [0.29, 0.717) is 24.2 Å². The van der Waals surface area contributed by atoms with Crippen LogP contribution < -0.4 is 10.2 Å². The van der Waals surface area contributed by atoms with Gasteiger partial charge in [-0.15, -0.1) is 0 Å². The Kier molecular flexibility index (Phi) is 7.09. The largest absolute Gasteiger partial charge is 0.452 e. The molecule has 1 N–H and O–H groups in total. The predicted octanol–water partition coefficient (Wildman–Crippen LogP) is 5.17. The van der Waals surface area contributed by atoms with Crippen LogP contribution >= 0.6 is 0 Å². The second-order valence-electron chi connectivity index (χ2n) is 10.1. The molecule has 7 nitrogen and oxygen atoms in total. The maximum Gasteiger partial charge on any atom is 0.338 e. The van der Waals surface area contributed by atoms with Gasteiger partial charge in [-0.25, -0.2) is 4.79 Å². The van der Waals surface area contributed by atoms with Crippen LogP contribution in [-0.2, 0) is 19.1 Å². The zero-order chi connectivity index (χ0) is 26.8. The van der Waals surface area contributed by atoms with Crippen LogP contribution in [0.25, 0.3) is 0 Å². The number of imide groups is 1. The molecule has 1 aliphatic heterocycles. The number of fused-ring (bicyclic) bond motifs is 1. The first-order chi connectivity index (χ1) is 18.3. The van der Waals surface area contributed by atoms with Crippen molar-refractivity contribution in [2.45, 2.75) is 39.0 Å². The Morgan fingerprint density at radius 1 is 0.895 bits per heavy atom. The molecule has 0 aromatic heterocycles. The van der Waals surface area contributed by atoms with Crippen LogP contribution in [0.15, 0.2) is 72.8 Å². The van der Waals surface area contributed by atoms with Gasteiger partial charge < -0.3 is 10.1 Å². The number of carbonyl (C=O) groups excluding carboxylic acids is 4. The SMILES string of the molecule is Cc1ccc(NC(=O)COC(=O)c2cccc(N3C(=O)[C@@H]4CC[C@@H](c5ccccc5)C[C@H]4C3=O)c2)c(C)c1. The molecule has 3 amide bonds. The van der Waals surface area contributed by atoms with E-state index in [9.17, 15) is 19.2 Å². The molecule has 1 saturated heterocycles. The minimum absolute atomic E-state index is 0.166. The van der Waals surface area contributed by atoms with Gasteiger partial charge in [0.15, 0.2) is 6.61 Å². The van der Waals surface area contributed by atoms with Gasteiger partial charge in [0.05, 0.1) is 23.1 Å². The van der Waals surface area contributed by atoms with E-state index < -0.39 is 18.5 Å². The number of anilines is 2. The minimum atomic E-state index is -0.705. The van der Waals surface area contributed by atoms with Crippen molar-refractivity contribution >= 4 is 35.1 Å². The summed E-state index contributed by atoms with van der Waals surface area (Å²) in [6.07, 6.45) is 2.14. The molecule has 0 radical (unpaired) electrons. The summed E-state index contributed by atoms with van der Waals surface area (Å²) in [6.45, 7) is 3.40. The van der Waals surface area contributed by atoms with Crippen molar-refractivity contribution in [3.8, 4) is 0 Å². The van der Waals surface area contributed by atoms with Crippen LogP contribution in [0.1, 0.15) is 52.2 Å². The fourth-order valence-corrected chi connectivity index (χ4v) is 5.59. The Hall–Kier alpha value is -4.26. The molecule has 1 aliphatic carbocycles. The number of benzene rings is 3.